The molecule has 20 heavy (non-hydrogen) atoms. The van der Waals surface area contributed by atoms with Crippen molar-refractivity contribution in [2.24, 2.45) is 0 Å². The topological polar surface area (TPSA) is 46.5 Å². The molecule has 0 unspecified atom stereocenters. The first-order chi connectivity index (χ1) is 9.49. The highest BCUT2D eigenvalue weighted by atomic mass is 28.4. The number of carboxylic acid groups (broad SMARTS) is 1. The third kappa shape index (κ3) is 8.33. The molecule has 1 atom stereocenters. The van der Waals surface area contributed by atoms with Crippen LogP contribution in [0.15, 0.2) is 24.3 Å². The molecule has 0 saturated carbocycles. The largest absolute Gasteiger partial charge is 0.478 e. The lowest BCUT2D eigenvalue weighted by molar-refractivity contribution is -0.131. The summed E-state index contributed by atoms with van der Waals surface area (Å²) in [6.07, 6.45) is 9.97. The molecule has 0 aliphatic rings. The number of allylic oxidation sites excluding steroid dienone is 3. The fraction of sp³-hybridized carbons (Fsp3) is 0.688. The molecule has 0 aliphatic heterocycles. The summed E-state index contributed by atoms with van der Waals surface area (Å²) in [4.78, 5) is 10.3. The van der Waals surface area contributed by atoms with Crippen molar-refractivity contribution in [1.29, 1.82) is 0 Å². The lowest BCUT2D eigenvalue weighted by Gasteiger charge is -2.31. The van der Waals surface area contributed by atoms with Crippen LogP contribution in [0.2, 0.25) is 18.1 Å². The number of carboxylic acids is 1. The molecule has 0 bridgehead atoms. The molecule has 116 valence electrons. The fourth-order valence-corrected chi connectivity index (χ4v) is 5.29. The van der Waals surface area contributed by atoms with Crippen LogP contribution in [0.5, 0.6) is 0 Å². The maximum absolute atomic E-state index is 10.3. The zero-order valence-electron chi connectivity index (χ0n) is 13.4. The summed E-state index contributed by atoms with van der Waals surface area (Å²) in [5, 5.41) is 8.43. The first-order valence-corrected chi connectivity index (χ1v) is 10.3. The Kier molecular flexibility index (Phi) is 10.4. The Hall–Kier alpha value is -0.873. The lowest BCUT2D eigenvalue weighted by Crippen LogP contribution is -2.39. The molecular weight excluding hydrogens is 268 g/mol. The summed E-state index contributed by atoms with van der Waals surface area (Å²) in [6, 6.07) is 3.60. The van der Waals surface area contributed by atoms with E-state index in [1.807, 2.05) is 6.08 Å². The molecule has 0 fully saturated rings. The standard InChI is InChI=1S/C16H30O3Si/c1-5-20(6-2,7-3)19-15(4)13-11-9-8-10-12-14-16(17)18/h8,10,12,14-15H,5-7,9,11,13H2,1-4H3,(H,17,18)/b10-8+,14-12-/t15-/m1/s1. The molecule has 4 heteroatoms. The second-order valence-electron chi connectivity index (χ2n) is 5.23. The van der Waals surface area contributed by atoms with Crippen LogP contribution < -0.4 is 0 Å². The van der Waals surface area contributed by atoms with Crippen LogP contribution in [-0.4, -0.2) is 25.5 Å². The molecule has 0 heterocycles. The Labute approximate surface area is 124 Å². The van der Waals surface area contributed by atoms with E-state index in [0.717, 1.165) is 25.3 Å². The highest BCUT2D eigenvalue weighted by molar-refractivity contribution is 6.73. The molecule has 0 spiro atoms. The van der Waals surface area contributed by atoms with Crippen LogP contribution in [0.25, 0.3) is 0 Å². The minimum absolute atomic E-state index is 0.337. The second-order valence-corrected chi connectivity index (χ2v) is 9.95. The first-order valence-electron chi connectivity index (χ1n) is 7.73. The summed E-state index contributed by atoms with van der Waals surface area (Å²) >= 11 is 0. The van der Waals surface area contributed by atoms with E-state index < -0.39 is 14.3 Å². The zero-order valence-corrected chi connectivity index (χ0v) is 14.4. The number of unbranched alkanes of at least 4 members (excludes halogenated alkanes) is 1. The minimum Gasteiger partial charge on any atom is -0.478 e. The van der Waals surface area contributed by atoms with Gasteiger partial charge < -0.3 is 9.53 Å². The van der Waals surface area contributed by atoms with E-state index in [2.05, 4.69) is 27.7 Å². The van der Waals surface area contributed by atoms with Crippen molar-refractivity contribution in [3.05, 3.63) is 24.3 Å². The van der Waals surface area contributed by atoms with Gasteiger partial charge in [-0.15, -0.1) is 0 Å². The van der Waals surface area contributed by atoms with Crippen LogP contribution in [-0.2, 0) is 9.22 Å². The molecule has 0 saturated heterocycles. The zero-order chi connectivity index (χ0) is 15.4. The van der Waals surface area contributed by atoms with Crippen LogP contribution >= 0.6 is 0 Å². The average molecular weight is 298 g/mol. The predicted molar refractivity (Wildman–Crippen MR) is 87.5 cm³/mol. The third-order valence-electron chi connectivity index (χ3n) is 3.85. The van der Waals surface area contributed by atoms with Gasteiger partial charge in [0.1, 0.15) is 0 Å². The summed E-state index contributed by atoms with van der Waals surface area (Å²) in [6.45, 7) is 8.94. The summed E-state index contributed by atoms with van der Waals surface area (Å²) in [7, 11) is -1.47. The van der Waals surface area contributed by atoms with E-state index in [4.69, 9.17) is 9.53 Å². The van der Waals surface area contributed by atoms with E-state index in [9.17, 15) is 4.79 Å². The van der Waals surface area contributed by atoms with Crippen LogP contribution in [0.3, 0.4) is 0 Å². The average Bonchev–Trinajstić information content (AvgIpc) is 2.43. The van der Waals surface area contributed by atoms with Gasteiger partial charge in [-0.25, -0.2) is 4.79 Å². The Bertz CT molecular complexity index is 311. The van der Waals surface area contributed by atoms with Gasteiger partial charge in [-0.2, -0.15) is 0 Å². The van der Waals surface area contributed by atoms with Crippen molar-refractivity contribution >= 4 is 14.3 Å². The Balaban J connectivity index is 3.94. The van der Waals surface area contributed by atoms with Crippen molar-refractivity contribution in [1.82, 2.24) is 0 Å². The molecule has 3 nitrogen and oxygen atoms in total. The van der Waals surface area contributed by atoms with Gasteiger partial charge >= 0.3 is 5.97 Å². The van der Waals surface area contributed by atoms with E-state index >= 15 is 0 Å². The van der Waals surface area contributed by atoms with Crippen molar-refractivity contribution in [3.63, 3.8) is 0 Å². The molecule has 1 N–H and O–H groups in total. The Morgan fingerprint density at radius 2 is 1.80 bits per heavy atom. The lowest BCUT2D eigenvalue weighted by atomic mass is 10.1. The third-order valence-corrected chi connectivity index (χ3v) is 8.62. The monoisotopic (exact) mass is 298 g/mol. The van der Waals surface area contributed by atoms with E-state index in [0.29, 0.717) is 6.10 Å². The van der Waals surface area contributed by atoms with Gasteiger partial charge in [-0.1, -0.05) is 39.0 Å². The summed E-state index contributed by atoms with van der Waals surface area (Å²) in [5.41, 5.74) is 0. The van der Waals surface area contributed by atoms with Gasteiger partial charge in [0.05, 0.1) is 0 Å². The van der Waals surface area contributed by atoms with Gasteiger partial charge in [-0.3, -0.25) is 0 Å². The maximum Gasteiger partial charge on any atom is 0.328 e. The molecule has 0 aliphatic carbocycles. The van der Waals surface area contributed by atoms with Crippen LogP contribution in [0.1, 0.15) is 47.0 Å². The number of carbonyl (C=O) groups is 1. The molecular formula is C16H30O3Si. The predicted octanol–water partition coefficient (Wildman–Crippen LogP) is 4.76. The quantitative estimate of drug-likeness (QED) is 0.259. The summed E-state index contributed by atoms with van der Waals surface area (Å²) in [5.74, 6) is -0.906. The van der Waals surface area contributed by atoms with Gasteiger partial charge in [0, 0.05) is 12.2 Å². The highest BCUT2D eigenvalue weighted by Crippen LogP contribution is 2.24. The molecule has 0 rings (SSSR count). The van der Waals surface area contributed by atoms with Crippen LogP contribution in [0, 0.1) is 0 Å². The van der Waals surface area contributed by atoms with Gasteiger partial charge in [0.15, 0.2) is 8.32 Å². The smallest absolute Gasteiger partial charge is 0.328 e. The Morgan fingerprint density at radius 3 is 2.30 bits per heavy atom. The van der Waals surface area contributed by atoms with Crippen LogP contribution in [0.4, 0.5) is 0 Å². The number of aliphatic carboxylic acids is 1. The van der Waals surface area contributed by atoms with E-state index in [1.54, 1.807) is 12.2 Å². The highest BCUT2D eigenvalue weighted by Gasteiger charge is 2.30. The second kappa shape index (κ2) is 10.9. The van der Waals surface area contributed by atoms with Crippen molar-refractivity contribution < 1.29 is 14.3 Å². The normalized spacial score (nSPS) is 14.2. The SMILES string of the molecule is CC[Si](CC)(CC)O[C@H](C)CCC/C=C/C=C\C(=O)O. The number of hydrogen-bond acceptors (Lipinski definition) is 2. The van der Waals surface area contributed by atoms with E-state index in [1.165, 1.54) is 18.1 Å². The molecule has 0 radical (unpaired) electrons. The van der Waals surface area contributed by atoms with Crippen molar-refractivity contribution in [2.45, 2.75) is 71.2 Å². The molecule has 0 aromatic carbocycles. The van der Waals surface area contributed by atoms with Gasteiger partial charge in [-0.05, 0) is 44.3 Å². The molecule has 0 amide bonds. The van der Waals surface area contributed by atoms with Gasteiger partial charge in [0.2, 0.25) is 0 Å². The molecule has 0 aromatic rings. The van der Waals surface area contributed by atoms with Crippen molar-refractivity contribution in [2.75, 3.05) is 0 Å². The van der Waals surface area contributed by atoms with Gasteiger partial charge in [0.25, 0.3) is 0 Å². The van der Waals surface area contributed by atoms with E-state index in [-0.39, 0.29) is 0 Å². The minimum atomic E-state index is -1.47. The fourth-order valence-electron chi connectivity index (χ4n) is 2.32. The summed E-state index contributed by atoms with van der Waals surface area (Å²) < 4.78 is 6.37. The molecule has 0 aromatic heterocycles. The number of hydrogen-bond donors (Lipinski definition) is 1. The van der Waals surface area contributed by atoms with Crippen molar-refractivity contribution in [3.8, 4) is 0 Å². The maximum atomic E-state index is 10.3. The first kappa shape index (κ1) is 19.1. The number of rotatable bonds is 11. The Morgan fingerprint density at radius 1 is 1.20 bits per heavy atom.